The summed E-state index contributed by atoms with van der Waals surface area (Å²) in [4.78, 5) is 132. The van der Waals surface area contributed by atoms with Crippen molar-refractivity contribution in [2.75, 3.05) is 19.8 Å². The van der Waals surface area contributed by atoms with Gasteiger partial charge in [0.2, 0.25) is 41.4 Å². The van der Waals surface area contributed by atoms with Crippen LogP contribution in [0.5, 0.6) is 0 Å². The van der Waals surface area contributed by atoms with Crippen molar-refractivity contribution < 1.29 is 48.6 Å². The lowest BCUT2D eigenvalue weighted by Gasteiger charge is -2.27. The minimum absolute atomic E-state index is 0.0660. The third-order valence-electron chi connectivity index (χ3n) is 8.86. The van der Waals surface area contributed by atoms with Crippen LogP contribution in [0.2, 0.25) is 0 Å². The molecule has 0 radical (unpaired) electrons. The summed E-state index contributed by atoms with van der Waals surface area (Å²) < 4.78 is 0. The standard InChI is InChI=1S/C35H48N16O10/c1-18(11-52)45-30(56)23(2-19-7-37-14-41-19)47-31(57)24(3-20-8-38-15-42-20)48-32(58)25(4-21-9-39-16-43-21)49-33(59)26(5-22-10-40-17-44-22)50-35(61)28(13-54)51-34(60)27(12-53)46-29(55)6-36/h7-11,14-18,23-28,53-54H,2-6,12-13,36H2,1H3,(H,37,41)(H,38,42)(H,39,43)(H,40,44)(H,45,56)(H,46,55)(H,47,57)(H,48,58)(H,49,59)(H,50,61)(H,51,60)/t18-,23-,24-,25-,26-,27-,28-/m0/s1. The molecule has 328 valence electrons. The number of aliphatic hydroxyl groups excluding tert-OH is 2. The number of rotatable bonds is 25. The normalized spacial score (nSPS) is 14.4. The largest absolute Gasteiger partial charge is 0.394 e. The molecule has 0 bridgehead atoms. The molecule has 0 saturated heterocycles. The van der Waals surface area contributed by atoms with Crippen LogP contribution in [0.4, 0.5) is 0 Å². The van der Waals surface area contributed by atoms with Crippen LogP contribution in [0.3, 0.4) is 0 Å². The molecule has 4 aromatic heterocycles. The third kappa shape index (κ3) is 14.5. The van der Waals surface area contributed by atoms with E-state index in [1.54, 1.807) is 0 Å². The van der Waals surface area contributed by atoms with E-state index in [0.717, 1.165) is 0 Å². The molecule has 0 spiro atoms. The first-order valence-electron chi connectivity index (χ1n) is 18.7. The van der Waals surface area contributed by atoms with Crippen LogP contribution in [0.15, 0.2) is 50.1 Å². The van der Waals surface area contributed by atoms with Gasteiger partial charge in [-0.3, -0.25) is 33.6 Å². The van der Waals surface area contributed by atoms with Crippen LogP contribution in [0.25, 0.3) is 0 Å². The lowest BCUT2D eigenvalue weighted by Crippen LogP contribution is -2.61. The Labute approximate surface area is 346 Å². The molecule has 7 atom stereocenters. The summed E-state index contributed by atoms with van der Waals surface area (Å²) in [5.41, 5.74) is 6.89. The third-order valence-corrected chi connectivity index (χ3v) is 8.86. The highest BCUT2D eigenvalue weighted by Crippen LogP contribution is 2.08. The van der Waals surface area contributed by atoms with Crippen molar-refractivity contribution in [3.8, 4) is 0 Å². The van der Waals surface area contributed by atoms with Gasteiger partial charge in [0.15, 0.2) is 0 Å². The molecule has 26 nitrogen and oxygen atoms in total. The zero-order chi connectivity index (χ0) is 44.3. The molecule has 4 aromatic rings. The number of aromatic nitrogens is 8. The molecule has 0 aliphatic heterocycles. The minimum atomic E-state index is -1.68. The van der Waals surface area contributed by atoms with Gasteiger partial charge < -0.3 is 77.9 Å². The number of aliphatic hydroxyl groups is 2. The first-order valence-corrected chi connectivity index (χ1v) is 18.7. The van der Waals surface area contributed by atoms with Crippen molar-refractivity contribution in [1.82, 2.24) is 77.1 Å². The van der Waals surface area contributed by atoms with Gasteiger partial charge in [0.05, 0.1) is 51.1 Å². The second kappa shape index (κ2) is 23.3. The number of nitrogens with two attached hydrogens (primary N) is 1. The molecule has 15 N–H and O–H groups in total. The van der Waals surface area contributed by atoms with Gasteiger partial charge in [-0.05, 0) is 6.92 Å². The van der Waals surface area contributed by atoms with Crippen LogP contribution < -0.4 is 43.0 Å². The van der Waals surface area contributed by atoms with Crippen LogP contribution in [-0.2, 0) is 64.0 Å². The molecule has 0 aliphatic rings. The van der Waals surface area contributed by atoms with Crippen LogP contribution in [-0.4, -0.2) is 160 Å². The Bertz CT molecular complexity index is 2030. The van der Waals surface area contributed by atoms with Crippen LogP contribution in [0, 0.1) is 0 Å². The Balaban J connectivity index is 1.57. The number of nitrogens with zero attached hydrogens (tertiary/aromatic N) is 4. The Hall–Kier alpha value is -7.32. The summed E-state index contributed by atoms with van der Waals surface area (Å²) in [5.74, 6) is -6.20. The van der Waals surface area contributed by atoms with E-state index in [2.05, 4.69) is 77.1 Å². The number of carbonyl (C=O) groups is 8. The molecule has 61 heavy (non-hydrogen) atoms. The number of imidazole rings is 4. The monoisotopic (exact) mass is 852 g/mol. The summed E-state index contributed by atoms with van der Waals surface area (Å²) in [7, 11) is 0. The van der Waals surface area contributed by atoms with Gasteiger partial charge in [0, 0.05) is 73.2 Å². The van der Waals surface area contributed by atoms with E-state index in [0.29, 0.717) is 29.1 Å². The van der Waals surface area contributed by atoms with Gasteiger partial charge >= 0.3 is 0 Å². The molecular weight excluding hydrogens is 804 g/mol. The number of nitrogens with one attached hydrogen (secondary N) is 11. The molecule has 0 saturated carbocycles. The molecule has 26 heteroatoms. The van der Waals surface area contributed by atoms with E-state index in [1.807, 2.05) is 0 Å². The number of aldehydes is 1. The second-order valence-corrected chi connectivity index (χ2v) is 13.6. The summed E-state index contributed by atoms with van der Waals surface area (Å²) in [6.45, 7) is -0.882. The van der Waals surface area contributed by atoms with Crippen molar-refractivity contribution in [2.24, 2.45) is 5.73 Å². The summed E-state index contributed by atoms with van der Waals surface area (Å²) in [6.07, 6.45) is 10.9. The fraction of sp³-hybridized carbons (Fsp3) is 0.429. The quantitative estimate of drug-likeness (QED) is 0.0276. The Morgan fingerprint density at radius 2 is 0.803 bits per heavy atom. The number of carbonyl (C=O) groups excluding carboxylic acids is 8. The van der Waals surface area contributed by atoms with E-state index in [9.17, 15) is 48.6 Å². The van der Waals surface area contributed by atoms with Crippen molar-refractivity contribution in [2.45, 2.75) is 74.9 Å². The first kappa shape index (κ1) is 46.4. The lowest BCUT2D eigenvalue weighted by molar-refractivity contribution is -0.136. The predicted octanol–water partition coefficient (Wildman–Crippen LogP) is -6.59. The van der Waals surface area contributed by atoms with E-state index >= 15 is 0 Å². The van der Waals surface area contributed by atoms with Gasteiger partial charge in [-0.15, -0.1) is 0 Å². The second-order valence-electron chi connectivity index (χ2n) is 13.6. The van der Waals surface area contributed by atoms with E-state index < -0.39 is 103 Å². The molecule has 0 unspecified atom stereocenters. The minimum Gasteiger partial charge on any atom is -0.394 e. The first-order chi connectivity index (χ1) is 29.3. The maximum Gasteiger partial charge on any atom is 0.245 e. The smallest absolute Gasteiger partial charge is 0.245 e. The average molecular weight is 853 g/mol. The fourth-order valence-corrected chi connectivity index (χ4v) is 5.66. The van der Waals surface area contributed by atoms with Crippen molar-refractivity contribution in [3.63, 3.8) is 0 Å². The summed E-state index contributed by atoms with van der Waals surface area (Å²) in [6, 6.07) is -9.65. The summed E-state index contributed by atoms with van der Waals surface area (Å²) >= 11 is 0. The maximum atomic E-state index is 14.2. The van der Waals surface area contributed by atoms with Gasteiger partial charge in [-0.1, -0.05) is 0 Å². The average Bonchev–Trinajstić information content (AvgIpc) is 4.11. The SMILES string of the molecule is C[C@@H](C=O)NC(=O)[C@H](Cc1cnc[nH]1)NC(=O)[C@H](Cc1cnc[nH]1)NC(=O)[C@H](Cc1cnc[nH]1)NC(=O)[C@H](Cc1cnc[nH]1)NC(=O)[C@H](CO)NC(=O)[C@H](CO)NC(=O)CN. The molecule has 7 amide bonds. The van der Waals surface area contributed by atoms with Gasteiger partial charge in [-0.2, -0.15) is 0 Å². The molecule has 4 heterocycles. The van der Waals surface area contributed by atoms with Crippen LogP contribution >= 0.6 is 0 Å². The highest BCUT2D eigenvalue weighted by Gasteiger charge is 2.34. The van der Waals surface area contributed by atoms with Crippen molar-refractivity contribution >= 4 is 47.6 Å². The zero-order valence-corrected chi connectivity index (χ0v) is 32.7. The number of amides is 7. The van der Waals surface area contributed by atoms with E-state index in [1.165, 1.54) is 57.0 Å². The van der Waals surface area contributed by atoms with Crippen LogP contribution in [0.1, 0.15) is 29.7 Å². The van der Waals surface area contributed by atoms with Crippen molar-refractivity contribution in [3.05, 3.63) is 72.9 Å². The number of aromatic amines is 4. The number of H-pyrrole nitrogens is 4. The van der Waals surface area contributed by atoms with Gasteiger partial charge in [0.1, 0.15) is 42.5 Å². The highest BCUT2D eigenvalue weighted by molar-refractivity contribution is 5.97. The lowest BCUT2D eigenvalue weighted by atomic mass is 10.0. The number of hydrogen-bond acceptors (Lipinski definition) is 15. The highest BCUT2D eigenvalue weighted by atomic mass is 16.3. The van der Waals surface area contributed by atoms with Gasteiger partial charge in [0.25, 0.3) is 0 Å². The number of hydrogen-bond donors (Lipinski definition) is 14. The summed E-state index contributed by atoms with van der Waals surface area (Å²) in [5, 5.41) is 36.8. The topological polar surface area (TPSA) is 402 Å². The van der Waals surface area contributed by atoms with E-state index in [4.69, 9.17) is 5.73 Å². The molecule has 0 aromatic carbocycles. The Morgan fingerprint density at radius 3 is 1.07 bits per heavy atom. The van der Waals surface area contributed by atoms with E-state index in [-0.39, 0.29) is 25.7 Å². The molecule has 0 aliphatic carbocycles. The molecule has 4 rings (SSSR count). The van der Waals surface area contributed by atoms with Crippen molar-refractivity contribution in [1.29, 1.82) is 0 Å². The molecular formula is C35H48N16O10. The maximum absolute atomic E-state index is 14.2. The van der Waals surface area contributed by atoms with Gasteiger partial charge in [-0.25, -0.2) is 19.9 Å². The predicted molar refractivity (Wildman–Crippen MR) is 208 cm³/mol. The Morgan fingerprint density at radius 1 is 0.525 bits per heavy atom. The Kier molecular flexibility index (Phi) is 17.7. The molecule has 0 fully saturated rings. The fourth-order valence-electron chi connectivity index (χ4n) is 5.66. The zero-order valence-electron chi connectivity index (χ0n) is 32.7.